The highest BCUT2D eigenvalue weighted by Gasteiger charge is 2.08. The van der Waals surface area contributed by atoms with E-state index in [4.69, 9.17) is 9.47 Å². The molecule has 0 aromatic rings. The Bertz CT molecular complexity index is 187. The Morgan fingerprint density at radius 2 is 1.60 bits per heavy atom. The lowest BCUT2D eigenvalue weighted by molar-refractivity contribution is -0.143. The molecule has 0 aliphatic carbocycles. The monoisotopic (exact) mass is 214 g/mol. The van der Waals surface area contributed by atoms with Crippen molar-refractivity contribution in [3.63, 3.8) is 0 Å². The lowest BCUT2D eigenvalue weighted by Gasteiger charge is -2.08. The van der Waals surface area contributed by atoms with Crippen LogP contribution in [0.15, 0.2) is 12.3 Å². The van der Waals surface area contributed by atoms with E-state index in [-0.39, 0.29) is 5.76 Å². The number of unbranched alkanes of at least 4 members (excludes halogenated alkanes) is 3. The third-order valence-electron chi connectivity index (χ3n) is 1.98. The highest BCUT2D eigenvalue weighted by atomic mass is 16.6. The Balaban J connectivity index is 3.47. The SMILES string of the molecule is C=C(OCCCC)C(=O)OCCCCC. The highest BCUT2D eigenvalue weighted by Crippen LogP contribution is 2.01. The van der Waals surface area contributed by atoms with E-state index in [1.807, 2.05) is 0 Å². The third-order valence-corrected chi connectivity index (χ3v) is 1.98. The molecule has 3 heteroatoms. The van der Waals surface area contributed by atoms with Crippen molar-refractivity contribution in [1.29, 1.82) is 0 Å². The van der Waals surface area contributed by atoms with E-state index < -0.39 is 5.97 Å². The first-order valence-corrected chi connectivity index (χ1v) is 5.71. The van der Waals surface area contributed by atoms with E-state index in [9.17, 15) is 4.79 Å². The summed E-state index contributed by atoms with van der Waals surface area (Å²) < 4.78 is 10.1. The summed E-state index contributed by atoms with van der Waals surface area (Å²) in [6.45, 7) is 8.70. The second-order valence-electron chi connectivity index (χ2n) is 3.47. The molecule has 3 nitrogen and oxygen atoms in total. The van der Waals surface area contributed by atoms with Gasteiger partial charge in [-0.15, -0.1) is 0 Å². The number of carbonyl (C=O) groups excluding carboxylic acids is 1. The average molecular weight is 214 g/mol. The summed E-state index contributed by atoms with van der Waals surface area (Å²) in [6, 6.07) is 0. The zero-order chi connectivity index (χ0) is 11.5. The van der Waals surface area contributed by atoms with Crippen LogP contribution in [0, 0.1) is 0 Å². The van der Waals surface area contributed by atoms with Crippen LogP contribution in [0.1, 0.15) is 46.0 Å². The lowest BCUT2D eigenvalue weighted by atomic mass is 10.3. The summed E-state index contributed by atoms with van der Waals surface area (Å²) in [5, 5.41) is 0. The Kier molecular flexibility index (Phi) is 8.93. The Labute approximate surface area is 92.5 Å². The van der Waals surface area contributed by atoms with Gasteiger partial charge in [0.15, 0.2) is 5.76 Å². The van der Waals surface area contributed by atoms with Crippen LogP contribution in [-0.2, 0) is 14.3 Å². The standard InChI is InChI=1S/C12H22O3/c1-4-6-8-10-15-12(13)11(3)14-9-7-5-2/h3-10H2,1-2H3. The van der Waals surface area contributed by atoms with Gasteiger partial charge in [0, 0.05) is 0 Å². The van der Waals surface area contributed by atoms with E-state index in [2.05, 4.69) is 20.4 Å². The van der Waals surface area contributed by atoms with Gasteiger partial charge in [-0.3, -0.25) is 0 Å². The van der Waals surface area contributed by atoms with Gasteiger partial charge in [0.2, 0.25) is 0 Å². The molecule has 0 aliphatic heterocycles. The second-order valence-corrected chi connectivity index (χ2v) is 3.47. The minimum absolute atomic E-state index is 0.125. The molecule has 0 spiro atoms. The normalized spacial score (nSPS) is 9.73. The Hall–Kier alpha value is -0.990. The molecule has 0 aliphatic rings. The van der Waals surface area contributed by atoms with Crippen molar-refractivity contribution in [2.75, 3.05) is 13.2 Å². The molecular weight excluding hydrogens is 192 g/mol. The van der Waals surface area contributed by atoms with Gasteiger partial charge in [0.05, 0.1) is 13.2 Å². The summed E-state index contributed by atoms with van der Waals surface area (Å²) in [5.41, 5.74) is 0. The van der Waals surface area contributed by atoms with Gasteiger partial charge < -0.3 is 9.47 Å². The van der Waals surface area contributed by atoms with Gasteiger partial charge in [-0.05, 0) is 19.4 Å². The largest absolute Gasteiger partial charge is 0.487 e. The van der Waals surface area contributed by atoms with Gasteiger partial charge in [0.25, 0.3) is 0 Å². The molecule has 0 saturated carbocycles. The van der Waals surface area contributed by atoms with E-state index in [1.165, 1.54) is 0 Å². The first-order valence-electron chi connectivity index (χ1n) is 5.71. The smallest absolute Gasteiger partial charge is 0.372 e. The van der Waals surface area contributed by atoms with Crippen molar-refractivity contribution in [3.05, 3.63) is 12.3 Å². The molecule has 0 fully saturated rings. The van der Waals surface area contributed by atoms with E-state index in [0.717, 1.165) is 32.1 Å². The molecular formula is C12H22O3. The maximum absolute atomic E-state index is 11.3. The quantitative estimate of drug-likeness (QED) is 0.256. The minimum Gasteiger partial charge on any atom is -0.487 e. The fourth-order valence-electron chi connectivity index (χ4n) is 0.996. The molecule has 0 aromatic heterocycles. The summed E-state index contributed by atoms with van der Waals surface area (Å²) in [5.74, 6) is -0.304. The van der Waals surface area contributed by atoms with Crippen LogP contribution in [-0.4, -0.2) is 19.2 Å². The van der Waals surface area contributed by atoms with Crippen LogP contribution in [0.25, 0.3) is 0 Å². The van der Waals surface area contributed by atoms with Crippen molar-refractivity contribution in [3.8, 4) is 0 Å². The van der Waals surface area contributed by atoms with Gasteiger partial charge in [-0.2, -0.15) is 0 Å². The fourth-order valence-corrected chi connectivity index (χ4v) is 0.996. The first-order chi connectivity index (χ1) is 7.22. The second kappa shape index (κ2) is 9.56. The maximum Gasteiger partial charge on any atom is 0.372 e. The van der Waals surface area contributed by atoms with Crippen LogP contribution in [0.2, 0.25) is 0 Å². The number of hydrogen-bond donors (Lipinski definition) is 0. The molecule has 0 heterocycles. The van der Waals surface area contributed by atoms with Crippen molar-refractivity contribution in [2.24, 2.45) is 0 Å². The summed E-state index contributed by atoms with van der Waals surface area (Å²) in [7, 11) is 0. The molecule has 0 bridgehead atoms. The van der Waals surface area contributed by atoms with Gasteiger partial charge in [0.1, 0.15) is 0 Å². The molecule has 15 heavy (non-hydrogen) atoms. The average Bonchev–Trinajstić information content (AvgIpc) is 2.24. The zero-order valence-electron chi connectivity index (χ0n) is 9.88. The van der Waals surface area contributed by atoms with Gasteiger partial charge in [-0.25, -0.2) is 4.79 Å². The number of rotatable bonds is 9. The molecule has 0 amide bonds. The van der Waals surface area contributed by atoms with Crippen LogP contribution in [0.3, 0.4) is 0 Å². The molecule has 0 atom stereocenters. The summed E-state index contributed by atoms with van der Waals surface area (Å²) in [6.07, 6.45) is 5.08. The molecule has 0 saturated heterocycles. The molecule has 0 radical (unpaired) electrons. The molecule has 0 unspecified atom stereocenters. The lowest BCUT2D eigenvalue weighted by Crippen LogP contribution is -2.11. The van der Waals surface area contributed by atoms with Crippen molar-refractivity contribution >= 4 is 5.97 Å². The summed E-state index contributed by atoms with van der Waals surface area (Å²) in [4.78, 5) is 11.3. The molecule has 0 rings (SSSR count). The van der Waals surface area contributed by atoms with E-state index >= 15 is 0 Å². The van der Waals surface area contributed by atoms with Crippen molar-refractivity contribution < 1.29 is 14.3 Å². The number of ether oxygens (including phenoxy) is 2. The Morgan fingerprint density at radius 3 is 2.20 bits per heavy atom. The third kappa shape index (κ3) is 8.03. The zero-order valence-corrected chi connectivity index (χ0v) is 9.88. The van der Waals surface area contributed by atoms with Gasteiger partial charge in [-0.1, -0.05) is 33.1 Å². The molecule has 0 N–H and O–H groups in total. The number of esters is 1. The predicted octanol–water partition coefficient (Wildman–Crippen LogP) is 3.05. The van der Waals surface area contributed by atoms with Crippen LogP contribution in [0.5, 0.6) is 0 Å². The predicted molar refractivity (Wildman–Crippen MR) is 60.5 cm³/mol. The number of carbonyl (C=O) groups is 1. The Morgan fingerprint density at radius 1 is 1.00 bits per heavy atom. The van der Waals surface area contributed by atoms with E-state index in [1.54, 1.807) is 0 Å². The van der Waals surface area contributed by atoms with Crippen molar-refractivity contribution in [1.82, 2.24) is 0 Å². The highest BCUT2D eigenvalue weighted by molar-refractivity contribution is 5.85. The minimum atomic E-state index is -0.429. The molecule has 88 valence electrons. The fraction of sp³-hybridized carbons (Fsp3) is 0.750. The first kappa shape index (κ1) is 14.0. The van der Waals surface area contributed by atoms with Crippen LogP contribution < -0.4 is 0 Å². The number of hydrogen-bond acceptors (Lipinski definition) is 3. The molecule has 0 aromatic carbocycles. The van der Waals surface area contributed by atoms with Crippen LogP contribution >= 0.6 is 0 Å². The van der Waals surface area contributed by atoms with Crippen molar-refractivity contribution in [2.45, 2.75) is 46.0 Å². The van der Waals surface area contributed by atoms with Crippen LogP contribution in [0.4, 0.5) is 0 Å². The summed E-state index contributed by atoms with van der Waals surface area (Å²) >= 11 is 0. The topological polar surface area (TPSA) is 35.5 Å². The van der Waals surface area contributed by atoms with Gasteiger partial charge >= 0.3 is 5.97 Å². The maximum atomic E-state index is 11.3. The van der Waals surface area contributed by atoms with E-state index in [0.29, 0.717) is 13.2 Å².